The van der Waals surface area contributed by atoms with Gasteiger partial charge in [0.1, 0.15) is 12.2 Å². The van der Waals surface area contributed by atoms with Gasteiger partial charge in [-0.1, -0.05) is 6.07 Å². The number of rotatable bonds is 6. The minimum Gasteiger partial charge on any atom is -0.484 e. The SMILES string of the molecule is CC(C)(C)OCCOc1c(C(=O)O)cccc1[N+](=O)[O-]. The van der Waals surface area contributed by atoms with Crippen molar-refractivity contribution < 1.29 is 24.3 Å². The zero-order valence-corrected chi connectivity index (χ0v) is 11.6. The van der Waals surface area contributed by atoms with Gasteiger partial charge in [-0.25, -0.2) is 4.79 Å². The fourth-order valence-corrected chi connectivity index (χ4v) is 1.48. The zero-order valence-electron chi connectivity index (χ0n) is 11.6. The van der Waals surface area contributed by atoms with Gasteiger partial charge in [-0.2, -0.15) is 0 Å². The molecule has 0 spiro atoms. The standard InChI is InChI=1S/C13H17NO6/c1-13(2,3)20-8-7-19-11-9(12(15)16)5-4-6-10(11)14(17)18/h4-6H,7-8H2,1-3H3,(H,15,16). The maximum absolute atomic E-state index is 11.1. The second-order valence-electron chi connectivity index (χ2n) is 5.03. The molecule has 0 aliphatic heterocycles. The summed E-state index contributed by atoms with van der Waals surface area (Å²) in [7, 11) is 0. The normalized spacial score (nSPS) is 11.2. The third-order valence-electron chi connectivity index (χ3n) is 2.29. The molecule has 0 aliphatic rings. The van der Waals surface area contributed by atoms with E-state index in [1.54, 1.807) is 0 Å². The quantitative estimate of drug-likeness (QED) is 0.489. The molecule has 0 saturated heterocycles. The lowest BCUT2D eigenvalue weighted by Crippen LogP contribution is -2.22. The van der Waals surface area contributed by atoms with Gasteiger partial charge in [-0.15, -0.1) is 0 Å². The van der Waals surface area contributed by atoms with Crippen LogP contribution >= 0.6 is 0 Å². The van der Waals surface area contributed by atoms with E-state index in [1.807, 2.05) is 20.8 Å². The van der Waals surface area contributed by atoms with Gasteiger partial charge in [0.2, 0.25) is 5.75 Å². The predicted molar refractivity (Wildman–Crippen MR) is 71.3 cm³/mol. The Hall–Kier alpha value is -2.15. The van der Waals surface area contributed by atoms with Gasteiger partial charge in [-0.3, -0.25) is 10.1 Å². The van der Waals surface area contributed by atoms with Gasteiger partial charge in [-0.05, 0) is 26.8 Å². The van der Waals surface area contributed by atoms with E-state index in [2.05, 4.69) is 0 Å². The van der Waals surface area contributed by atoms with Gasteiger partial charge in [0.25, 0.3) is 0 Å². The highest BCUT2D eigenvalue weighted by Gasteiger charge is 2.23. The van der Waals surface area contributed by atoms with E-state index in [1.165, 1.54) is 18.2 Å². The number of nitro benzene ring substituents is 1. The van der Waals surface area contributed by atoms with Gasteiger partial charge in [0.15, 0.2) is 0 Å². The summed E-state index contributed by atoms with van der Waals surface area (Å²) in [5.41, 5.74) is -0.975. The summed E-state index contributed by atoms with van der Waals surface area (Å²) in [6, 6.07) is 3.77. The molecular weight excluding hydrogens is 266 g/mol. The Balaban J connectivity index is 2.86. The van der Waals surface area contributed by atoms with Crippen LogP contribution in [-0.4, -0.2) is 34.8 Å². The highest BCUT2D eigenvalue weighted by molar-refractivity contribution is 5.92. The van der Waals surface area contributed by atoms with Gasteiger partial charge < -0.3 is 14.6 Å². The van der Waals surface area contributed by atoms with E-state index in [0.29, 0.717) is 0 Å². The first-order valence-electron chi connectivity index (χ1n) is 6.00. The molecular formula is C13H17NO6. The number of hydrogen-bond acceptors (Lipinski definition) is 5. The van der Waals surface area contributed by atoms with Crippen molar-refractivity contribution in [1.29, 1.82) is 0 Å². The van der Waals surface area contributed by atoms with E-state index in [0.717, 1.165) is 0 Å². The number of carboxylic acid groups (broad SMARTS) is 1. The molecule has 0 amide bonds. The third kappa shape index (κ3) is 4.51. The first-order chi connectivity index (χ1) is 9.22. The minimum atomic E-state index is -1.28. The van der Waals surface area contributed by atoms with E-state index < -0.39 is 10.9 Å². The van der Waals surface area contributed by atoms with Crippen LogP contribution in [0.2, 0.25) is 0 Å². The molecule has 0 aliphatic carbocycles. The largest absolute Gasteiger partial charge is 0.484 e. The van der Waals surface area contributed by atoms with Crippen LogP contribution in [0.3, 0.4) is 0 Å². The van der Waals surface area contributed by atoms with Crippen LogP contribution in [0, 0.1) is 10.1 Å². The van der Waals surface area contributed by atoms with Crippen molar-refractivity contribution in [3.63, 3.8) is 0 Å². The van der Waals surface area contributed by atoms with Gasteiger partial charge in [0.05, 0.1) is 17.1 Å². The molecule has 7 nitrogen and oxygen atoms in total. The summed E-state index contributed by atoms with van der Waals surface area (Å²) < 4.78 is 10.6. The monoisotopic (exact) mass is 283 g/mol. The molecule has 0 unspecified atom stereocenters. The number of nitro groups is 1. The van der Waals surface area contributed by atoms with Crippen molar-refractivity contribution in [1.82, 2.24) is 0 Å². The summed E-state index contributed by atoms with van der Waals surface area (Å²) in [6.45, 7) is 5.82. The van der Waals surface area contributed by atoms with E-state index in [-0.39, 0.29) is 35.8 Å². The van der Waals surface area contributed by atoms with E-state index in [9.17, 15) is 14.9 Å². The molecule has 0 atom stereocenters. The van der Waals surface area contributed by atoms with Crippen molar-refractivity contribution in [2.45, 2.75) is 26.4 Å². The maximum Gasteiger partial charge on any atom is 0.339 e. The van der Waals surface area contributed by atoms with Gasteiger partial charge >= 0.3 is 11.7 Å². The zero-order chi connectivity index (χ0) is 15.3. The summed E-state index contributed by atoms with van der Waals surface area (Å²) in [4.78, 5) is 21.3. The molecule has 0 aromatic heterocycles. The minimum absolute atomic E-state index is 0.0302. The fourth-order valence-electron chi connectivity index (χ4n) is 1.48. The Labute approximate surface area is 116 Å². The predicted octanol–water partition coefficient (Wildman–Crippen LogP) is 2.49. The molecule has 1 rings (SSSR count). The molecule has 0 fully saturated rings. The van der Waals surface area contributed by atoms with Crippen LogP contribution in [0.25, 0.3) is 0 Å². The van der Waals surface area contributed by atoms with Crippen molar-refractivity contribution in [3.8, 4) is 5.75 Å². The number of aromatic carboxylic acids is 1. The third-order valence-corrected chi connectivity index (χ3v) is 2.29. The Kier molecular flexibility index (Phi) is 5.04. The van der Waals surface area contributed by atoms with Crippen LogP contribution in [0.1, 0.15) is 31.1 Å². The number of carbonyl (C=O) groups is 1. The smallest absolute Gasteiger partial charge is 0.339 e. The van der Waals surface area contributed by atoms with Crippen molar-refractivity contribution in [2.24, 2.45) is 0 Å². The topological polar surface area (TPSA) is 98.9 Å². The number of para-hydroxylation sites is 1. The molecule has 1 aromatic carbocycles. The lowest BCUT2D eigenvalue weighted by atomic mass is 10.1. The fraction of sp³-hybridized carbons (Fsp3) is 0.462. The van der Waals surface area contributed by atoms with Crippen molar-refractivity contribution >= 4 is 11.7 Å². The molecule has 0 heterocycles. The van der Waals surface area contributed by atoms with E-state index >= 15 is 0 Å². The summed E-state index contributed by atoms with van der Waals surface area (Å²) in [6.07, 6.45) is 0. The number of nitrogens with zero attached hydrogens (tertiary/aromatic N) is 1. The maximum atomic E-state index is 11.1. The summed E-state index contributed by atoms with van der Waals surface area (Å²) in [5, 5.41) is 19.9. The molecule has 1 aromatic rings. The lowest BCUT2D eigenvalue weighted by Gasteiger charge is -2.19. The van der Waals surface area contributed by atoms with Crippen LogP contribution in [0.4, 0.5) is 5.69 Å². The molecule has 7 heteroatoms. The highest BCUT2D eigenvalue weighted by atomic mass is 16.6. The lowest BCUT2D eigenvalue weighted by molar-refractivity contribution is -0.385. The van der Waals surface area contributed by atoms with E-state index in [4.69, 9.17) is 14.6 Å². The highest BCUT2D eigenvalue weighted by Crippen LogP contribution is 2.30. The average Bonchev–Trinajstić information content (AvgIpc) is 2.32. The second kappa shape index (κ2) is 6.33. The summed E-state index contributed by atoms with van der Waals surface area (Å²) >= 11 is 0. The number of benzene rings is 1. The van der Waals surface area contributed by atoms with Crippen LogP contribution in [-0.2, 0) is 4.74 Å². The Morgan fingerprint density at radius 3 is 2.50 bits per heavy atom. The van der Waals surface area contributed by atoms with Gasteiger partial charge in [0, 0.05) is 6.07 Å². The molecule has 0 radical (unpaired) electrons. The molecule has 20 heavy (non-hydrogen) atoms. The average molecular weight is 283 g/mol. The molecule has 1 N–H and O–H groups in total. The molecule has 0 bridgehead atoms. The number of hydrogen-bond donors (Lipinski definition) is 1. The number of carboxylic acids is 1. The van der Waals surface area contributed by atoms with Crippen molar-refractivity contribution in [2.75, 3.05) is 13.2 Å². The van der Waals surface area contributed by atoms with Crippen molar-refractivity contribution in [3.05, 3.63) is 33.9 Å². The first kappa shape index (κ1) is 15.9. The second-order valence-corrected chi connectivity index (χ2v) is 5.03. The van der Waals surface area contributed by atoms with Crippen LogP contribution in [0.5, 0.6) is 5.75 Å². The number of ether oxygens (including phenoxy) is 2. The molecule has 0 saturated carbocycles. The van der Waals surface area contributed by atoms with Crippen LogP contribution < -0.4 is 4.74 Å². The Bertz CT molecular complexity index is 474. The summed E-state index contributed by atoms with van der Waals surface area (Å²) in [5.74, 6) is -1.53. The Morgan fingerprint density at radius 2 is 2.00 bits per heavy atom. The Morgan fingerprint density at radius 1 is 1.35 bits per heavy atom. The molecule has 110 valence electrons. The first-order valence-corrected chi connectivity index (χ1v) is 6.00. The van der Waals surface area contributed by atoms with Crippen LogP contribution in [0.15, 0.2) is 18.2 Å².